The van der Waals surface area contributed by atoms with Gasteiger partial charge in [-0.1, -0.05) is 13.8 Å². The van der Waals surface area contributed by atoms with E-state index in [0.29, 0.717) is 26.1 Å². The van der Waals surface area contributed by atoms with Gasteiger partial charge in [-0.25, -0.2) is 9.59 Å². The Morgan fingerprint density at radius 2 is 1.18 bits per heavy atom. The second-order valence-corrected chi connectivity index (χ2v) is 3.43. The van der Waals surface area contributed by atoms with Gasteiger partial charge < -0.3 is 14.2 Å². The zero-order valence-corrected chi connectivity index (χ0v) is 11.0. The van der Waals surface area contributed by atoms with Crippen molar-refractivity contribution in [3.63, 3.8) is 0 Å². The van der Waals surface area contributed by atoms with Crippen molar-refractivity contribution in [3.8, 4) is 0 Å². The van der Waals surface area contributed by atoms with Crippen LogP contribution >= 0.6 is 0 Å². The van der Waals surface area contributed by atoms with Crippen LogP contribution in [0.5, 0.6) is 0 Å². The molecule has 0 radical (unpaired) electrons. The predicted octanol–water partition coefficient (Wildman–Crippen LogP) is 1.69. The Labute approximate surface area is 102 Å². The van der Waals surface area contributed by atoms with E-state index in [1.165, 1.54) is 0 Å². The van der Waals surface area contributed by atoms with E-state index in [9.17, 15) is 9.59 Å². The fraction of sp³-hybridized carbons (Fsp3) is 0.833. The van der Waals surface area contributed by atoms with Crippen LogP contribution in [-0.2, 0) is 23.8 Å². The second-order valence-electron chi connectivity index (χ2n) is 3.43. The number of esters is 2. The summed E-state index contributed by atoms with van der Waals surface area (Å²) in [5, 5.41) is 0. The third kappa shape index (κ3) is 5.68. The number of carbonyl (C=O) groups is 2. The predicted molar refractivity (Wildman–Crippen MR) is 62.5 cm³/mol. The molecule has 0 aromatic rings. The van der Waals surface area contributed by atoms with Crippen molar-refractivity contribution >= 4 is 11.9 Å². The van der Waals surface area contributed by atoms with Gasteiger partial charge in [0.1, 0.15) is 0 Å². The van der Waals surface area contributed by atoms with Gasteiger partial charge in [-0.2, -0.15) is 0 Å². The Bertz CT molecular complexity index is 215. The van der Waals surface area contributed by atoms with Gasteiger partial charge in [0.05, 0.1) is 13.2 Å². The highest BCUT2D eigenvalue weighted by atomic mass is 16.6. The number of hydrogen-bond donors (Lipinski definition) is 0. The van der Waals surface area contributed by atoms with Crippen LogP contribution in [0.4, 0.5) is 0 Å². The Morgan fingerprint density at radius 1 is 0.824 bits per heavy atom. The maximum absolute atomic E-state index is 11.5. The van der Waals surface area contributed by atoms with E-state index >= 15 is 0 Å². The van der Waals surface area contributed by atoms with Crippen LogP contribution < -0.4 is 0 Å². The smallest absolute Gasteiger partial charge is 0.335 e. The van der Waals surface area contributed by atoms with Crippen LogP contribution in [0.2, 0.25) is 0 Å². The SMILES string of the molecule is CCOC(=O)C(CC)OC(CC)C(=O)OCC. The highest BCUT2D eigenvalue weighted by Gasteiger charge is 2.27. The average molecular weight is 246 g/mol. The summed E-state index contributed by atoms with van der Waals surface area (Å²) in [4.78, 5) is 23.0. The third-order valence-electron chi connectivity index (χ3n) is 2.17. The number of ether oxygens (including phenoxy) is 3. The summed E-state index contributed by atoms with van der Waals surface area (Å²) in [5.74, 6) is -0.865. The summed E-state index contributed by atoms with van der Waals surface area (Å²) in [5.41, 5.74) is 0. The minimum Gasteiger partial charge on any atom is -0.464 e. The van der Waals surface area contributed by atoms with Gasteiger partial charge in [0.25, 0.3) is 0 Å². The van der Waals surface area contributed by atoms with Crippen molar-refractivity contribution in [1.29, 1.82) is 0 Å². The molecule has 2 atom stereocenters. The van der Waals surface area contributed by atoms with Gasteiger partial charge >= 0.3 is 11.9 Å². The fourth-order valence-corrected chi connectivity index (χ4v) is 1.31. The second kappa shape index (κ2) is 8.98. The lowest BCUT2D eigenvalue weighted by Gasteiger charge is -2.20. The van der Waals surface area contributed by atoms with Crippen LogP contribution in [-0.4, -0.2) is 37.4 Å². The molecule has 0 spiro atoms. The summed E-state index contributed by atoms with van der Waals surface area (Å²) >= 11 is 0. The molecule has 2 unspecified atom stereocenters. The first-order valence-corrected chi connectivity index (χ1v) is 6.09. The van der Waals surface area contributed by atoms with Crippen LogP contribution in [0.15, 0.2) is 0 Å². The Kier molecular flexibility index (Phi) is 8.40. The molecule has 0 saturated heterocycles. The highest BCUT2D eigenvalue weighted by Crippen LogP contribution is 2.10. The molecule has 0 heterocycles. The fourth-order valence-electron chi connectivity index (χ4n) is 1.31. The first-order valence-electron chi connectivity index (χ1n) is 6.09. The van der Waals surface area contributed by atoms with E-state index in [0.717, 1.165) is 0 Å². The zero-order chi connectivity index (χ0) is 13.3. The van der Waals surface area contributed by atoms with E-state index in [4.69, 9.17) is 14.2 Å². The van der Waals surface area contributed by atoms with Gasteiger partial charge in [-0.15, -0.1) is 0 Å². The average Bonchev–Trinajstić information content (AvgIpc) is 2.31. The first-order chi connectivity index (χ1) is 8.10. The maximum Gasteiger partial charge on any atom is 0.335 e. The minimum atomic E-state index is -0.704. The molecule has 0 aromatic heterocycles. The Morgan fingerprint density at radius 3 is 1.41 bits per heavy atom. The molecule has 100 valence electrons. The molecule has 17 heavy (non-hydrogen) atoms. The normalized spacial score (nSPS) is 13.9. The molecule has 0 aromatic carbocycles. The van der Waals surface area contributed by atoms with Crippen molar-refractivity contribution in [3.05, 3.63) is 0 Å². The molecule has 0 aliphatic rings. The molecule has 0 rings (SSSR count). The molecule has 0 amide bonds. The monoisotopic (exact) mass is 246 g/mol. The molecule has 0 N–H and O–H groups in total. The van der Waals surface area contributed by atoms with Crippen molar-refractivity contribution in [2.24, 2.45) is 0 Å². The van der Waals surface area contributed by atoms with E-state index in [-0.39, 0.29) is 0 Å². The highest BCUT2D eigenvalue weighted by molar-refractivity contribution is 5.77. The molecule has 0 saturated carbocycles. The standard InChI is InChI=1S/C12H22O5/c1-5-9(11(13)15-7-3)17-10(6-2)12(14)16-8-4/h9-10H,5-8H2,1-4H3. The molecule has 0 fully saturated rings. The molecule has 0 aliphatic carbocycles. The number of carbonyl (C=O) groups excluding carboxylic acids is 2. The Balaban J connectivity index is 4.40. The van der Waals surface area contributed by atoms with Gasteiger partial charge in [0.15, 0.2) is 12.2 Å². The molecular weight excluding hydrogens is 224 g/mol. The van der Waals surface area contributed by atoms with Crippen LogP contribution in [0.1, 0.15) is 40.5 Å². The molecule has 5 heteroatoms. The van der Waals surface area contributed by atoms with Gasteiger partial charge in [0.2, 0.25) is 0 Å². The zero-order valence-electron chi connectivity index (χ0n) is 11.0. The maximum atomic E-state index is 11.5. The minimum absolute atomic E-state index is 0.300. The van der Waals surface area contributed by atoms with Crippen molar-refractivity contribution in [2.45, 2.75) is 52.7 Å². The number of rotatable bonds is 8. The topological polar surface area (TPSA) is 61.8 Å². The summed E-state index contributed by atoms with van der Waals surface area (Å²) in [6.07, 6.45) is -0.475. The summed E-state index contributed by atoms with van der Waals surface area (Å²) in [6, 6.07) is 0. The van der Waals surface area contributed by atoms with E-state index in [1.54, 1.807) is 27.7 Å². The lowest BCUT2D eigenvalue weighted by molar-refractivity contribution is -0.172. The van der Waals surface area contributed by atoms with E-state index in [1.807, 2.05) is 0 Å². The third-order valence-corrected chi connectivity index (χ3v) is 2.17. The van der Waals surface area contributed by atoms with E-state index in [2.05, 4.69) is 0 Å². The van der Waals surface area contributed by atoms with Crippen molar-refractivity contribution in [1.82, 2.24) is 0 Å². The van der Waals surface area contributed by atoms with Gasteiger partial charge in [-0.3, -0.25) is 0 Å². The molecular formula is C12H22O5. The van der Waals surface area contributed by atoms with Crippen molar-refractivity contribution < 1.29 is 23.8 Å². The van der Waals surface area contributed by atoms with Crippen LogP contribution in [0, 0.1) is 0 Å². The number of hydrogen-bond acceptors (Lipinski definition) is 5. The summed E-state index contributed by atoms with van der Waals surface area (Å²) in [7, 11) is 0. The molecule has 5 nitrogen and oxygen atoms in total. The van der Waals surface area contributed by atoms with Gasteiger partial charge in [-0.05, 0) is 26.7 Å². The lowest BCUT2D eigenvalue weighted by Crippen LogP contribution is -2.35. The van der Waals surface area contributed by atoms with Gasteiger partial charge in [0, 0.05) is 0 Å². The Hall–Kier alpha value is -1.10. The quantitative estimate of drug-likeness (QED) is 0.610. The lowest BCUT2D eigenvalue weighted by atomic mass is 10.2. The summed E-state index contributed by atoms with van der Waals surface area (Å²) < 4.78 is 15.2. The first kappa shape index (κ1) is 15.9. The molecule has 0 bridgehead atoms. The van der Waals surface area contributed by atoms with Crippen LogP contribution in [0.25, 0.3) is 0 Å². The largest absolute Gasteiger partial charge is 0.464 e. The van der Waals surface area contributed by atoms with Crippen LogP contribution in [0.3, 0.4) is 0 Å². The van der Waals surface area contributed by atoms with Crippen molar-refractivity contribution in [2.75, 3.05) is 13.2 Å². The summed E-state index contributed by atoms with van der Waals surface area (Å²) in [6.45, 7) is 7.67. The molecule has 0 aliphatic heterocycles. The van der Waals surface area contributed by atoms with E-state index < -0.39 is 24.1 Å².